The van der Waals surface area contributed by atoms with Crippen molar-refractivity contribution in [1.82, 2.24) is 4.90 Å². The molecule has 5 heteroatoms. The van der Waals surface area contributed by atoms with E-state index in [-0.39, 0.29) is 5.75 Å². The van der Waals surface area contributed by atoms with Gasteiger partial charge in [0.2, 0.25) is 0 Å². The number of rotatable bonds is 8. The zero-order valence-corrected chi connectivity index (χ0v) is 13.1. The Bertz CT molecular complexity index is 434. The lowest BCUT2D eigenvalue weighted by Gasteiger charge is -2.21. The third-order valence-corrected chi connectivity index (χ3v) is 4.02. The first kappa shape index (κ1) is 15.7. The van der Waals surface area contributed by atoms with E-state index < -0.39 is 9.84 Å². The van der Waals surface area contributed by atoms with Crippen LogP contribution in [0, 0.1) is 0 Å². The molecule has 0 unspecified atom stereocenters. The summed E-state index contributed by atoms with van der Waals surface area (Å²) < 4.78 is 22.2. The minimum absolute atomic E-state index is 0.264. The highest BCUT2D eigenvalue weighted by atomic mass is 79.9. The molecule has 0 fully saturated rings. The molecule has 0 spiro atoms. The van der Waals surface area contributed by atoms with Crippen molar-refractivity contribution in [3.05, 3.63) is 35.9 Å². The zero-order chi connectivity index (χ0) is 13.4. The molecule has 1 aromatic carbocycles. The van der Waals surface area contributed by atoms with Crippen LogP contribution < -0.4 is 0 Å². The number of hydrogen-bond donors (Lipinski definition) is 0. The van der Waals surface area contributed by atoms with Crippen molar-refractivity contribution in [3.63, 3.8) is 0 Å². The summed E-state index contributed by atoms with van der Waals surface area (Å²) in [7, 11) is -2.85. The number of hydrogen-bond acceptors (Lipinski definition) is 3. The molecule has 102 valence electrons. The van der Waals surface area contributed by atoms with E-state index in [1.165, 1.54) is 11.8 Å². The maximum absolute atomic E-state index is 11.1. The SMILES string of the molecule is CS(=O)(=O)CCCN(CCBr)Cc1ccccc1. The lowest BCUT2D eigenvalue weighted by molar-refractivity contribution is 0.284. The zero-order valence-electron chi connectivity index (χ0n) is 10.7. The second kappa shape index (κ2) is 7.92. The van der Waals surface area contributed by atoms with E-state index >= 15 is 0 Å². The molecule has 0 amide bonds. The Morgan fingerprint density at radius 3 is 2.39 bits per heavy atom. The molecule has 0 N–H and O–H groups in total. The fourth-order valence-corrected chi connectivity index (χ4v) is 2.94. The van der Waals surface area contributed by atoms with Crippen molar-refractivity contribution >= 4 is 25.8 Å². The van der Waals surface area contributed by atoms with Crippen LogP contribution in [0.1, 0.15) is 12.0 Å². The predicted octanol–water partition coefficient (Wildman–Crippen LogP) is 2.32. The van der Waals surface area contributed by atoms with Gasteiger partial charge in [-0.1, -0.05) is 46.3 Å². The largest absolute Gasteiger partial charge is 0.298 e. The Labute approximate surface area is 118 Å². The molecule has 18 heavy (non-hydrogen) atoms. The van der Waals surface area contributed by atoms with Gasteiger partial charge in [-0.15, -0.1) is 0 Å². The van der Waals surface area contributed by atoms with E-state index in [2.05, 4.69) is 33.0 Å². The fraction of sp³-hybridized carbons (Fsp3) is 0.538. The summed E-state index contributed by atoms with van der Waals surface area (Å²) in [5, 5.41) is 0.901. The first-order valence-corrected chi connectivity index (χ1v) is 9.19. The number of halogens is 1. The first-order chi connectivity index (χ1) is 8.51. The summed E-state index contributed by atoms with van der Waals surface area (Å²) in [6.07, 6.45) is 1.98. The molecular weight excluding hydrogens is 314 g/mol. The molecular formula is C13H20BrNO2S. The maximum atomic E-state index is 11.1. The summed E-state index contributed by atoms with van der Waals surface area (Å²) >= 11 is 3.43. The van der Waals surface area contributed by atoms with Gasteiger partial charge < -0.3 is 0 Å². The van der Waals surface area contributed by atoms with Crippen LogP contribution in [-0.4, -0.2) is 43.7 Å². The molecule has 0 bridgehead atoms. The van der Waals surface area contributed by atoms with E-state index in [4.69, 9.17) is 0 Å². The van der Waals surface area contributed by atoms with Gasteiger partial charge >= 0.3 is 0 Å². The highest BCUT2D eigenvalue weighted by Crippen LogP contribution is 2.06. The highest BCUT2D eigenvalue weighted by molar-refractivity contribution is 9.09. The molecule has 0 radical (unpaired) electrons. The van der Waals surface area contributed by atoms with Crippen LogP contribution in [0.2, 0.25) is 0 Å². The smallest absolute Gasteiger partial charge is 0.147 e. The third-order valence-electron chi connectivity index (χ3n) is 2.64. The van der Waals surface area contributed by atoms with Gasteiger partial charge in [0, 0.05) is 24.7 Å². The average molecular weight is 334 g/mol. The Morgan fingerprint density at radius 2 is 1.83 bits per heavy atom. The molecule has 0 atom stereocenters. The molecule has 1 aromatic rings. The van der Waals surface area contributed by atoms with Crippen LogP contribution in [0.3, 0.4) is 0 Å². The number of alkyl halides is 1. The number of benzene rings is 1. The summed E-state index contributed by atoms with van der Waals surface area (Å²) in [5.41, 5.74) is 1.26. The highest BCUT2D eigenvalue weighted by Gasteiger charge is 2.07. The van der Waals surface area contributed by atoms with E-state index in [9.17, 15) is 8.42 Å². The van der Waals surface area contributed by atoms with Crippen molar-refractivity contribution in [1.29, 1.82) is 0 Å². The van der Waals surface area contributed by atoms with Crippen molar-refractivity contribution < 1.29 is 8.42 Å². The van der Waals surface area contributed by atoms with Crippen molar-refractivity contribution in [2.45, 2.75) is 13.0 Å². The number of nitrogens with zero attached hydrogens (tertiary/aromatic N) is 1. The van der Waals surface area contributed by atoms with E-state index in [0.29, 0.717) is 6.42 Å². The monoisotopic (exact) mass is 333 g/mol. The Morgan fingerprint density at radius 1 is 1.17 bits per heavy atom. The van der Waals surface area contributed by atoms with E-state index in [1.807, 2.05) is 18.2 Å². The Kier molecular flexibility index (Phi) is 6.89. The fourth-order valence-electron chi connectivity index (χ4n) is 1.78. The average Bonchev–Trinajstić information content (AvgIpc) is 2.29. The second-order valence-electron chi connectivity index (χ2n) is 4.43. The lowest BCUT2D eigenvalue weighted by atomic mass is 10.2. The lowest BCUT2D eigenvalue weighted by Crippen LogP contribution is -2.27. The van der Waals surface area contributed by atoms with Crippen LogP contribution in [-0.2, 0) is 16.4 Å². The summed E-state index contributed by atoms with van der Waals surface area (Å²) in [6.45, 7) is 2.61. The van der Waals surface area contributed by atoms with Gasteiger partial charge in [-0.25, -0.2) is 8.42 Å². The first-order valence-electron chi connectivity index (χ1n) is 6.01. The van der Waals surface area contributed by atoms with Gasteiger partial charge in [-0.05, 0) is 18.5 Å². The molecule has 0 aliphatic heterocycles. The molecule has 0 aliphatic carbocycles. The quantitative estimate of drug-likeness (QED) is 0.685. The van der Waals surface area contributed by atoms with Gasteiger partial charge in [0.05, 0.1) is 5.75 Å². The molecule has 0 aliphatic rings. The van der Waals surface area contributed by atoms with Gasteiger partial charge in [0.1, 0.15) is 9.84 Å². The third kappa shape index (κ3) is 7.13. The van der Waals surface area contributed by atoms with Gasteiger partial charge in [0.25, 0.3) is 0 Å². The summed E-state index contributed by atoms with van der Waals surface area (Å²) in [5.74, 6) is 0.264. The standard InChI is InChI=1S/C13H20BrNO2S/c1-18(16,17)11-5-9-15(10-8-14)12-13-6-3-2-4-7-13/h2-4,6-7H,5,8-12H2,1H3. The maximum Gasteiger partial charge on any atom is 0.147 e. The van der Waals surface area contributed by atoms with E-state index in [1.54, 1.807) is 0 Å². The second-order valence-corrected chi connectivity index (χ2v) is 7.49. The minimum atomic E-state index is -2.85. The van der Waals surface area contributed by atoms with Gasteiger partial charge in [0.15, 0.2) is 0 Å². The van der Waals surface area contributed by atoms with Gasteiger partial charge in [-0.3, -0.25) is 4.90 Å². The Hall–Kier alpha value is -0.390. The molecule has 0 saturated heterocycles. The van der Waals surface area contributed by atoms with Crippen LogP contribution in [0.5, 0.6) is 0 Å². The molecule has 0 saturated carbocycles. The van der Waals surface area contributed by atoms with Crippen LogP contribution >= 0.6 is 15.9 Å². The summed E-state index contributed by atoms with van der Waals surface area (Å²) in [4.78, 5) is 2.27. The topological polar surface area (TPSA) is 37.4 Å². The van der Waals surface area contributed by atoms with Gasteiger partial charge in [-0.2, -0.15) is 0 Å². The number of sulfone groups is 1. The van der Waals surface area contributed by atoms with E-state index in [0.717, 1.165) is 25.0 Å². The van der Waals surface area contributed by atoms with Crippen LogP contribution in [0.15, 0.2) is 30.3 Å². The minimum Gasteiger partial charge on any atom is -0.298 e. The summed E-state index contributed by atoms with van der Waals surface area (Å²) in [6, 6.07) is 10.2. The van der Waals surface area contributed by atoms with Crippen LogP contribution in [0.4, 0.5) is 0 Å². The molecule has 0 heterocycles. The van der Waals surface area contributed by atoms with Crippen molar-refractivity contribution in [2.24, 2.45) is 0 Å². The van der Waals surface area contributed by atoms with Crippen LogP contribution in [0.25, 0.3) is 0 Å². The Balaban J connectivity index is 2.45. The normalized spacial score (nSPS) is 11.9. The van der Waals surface area contributed by atoms with Crippen molar-refractivity contribution in [2.75, 3.05) is 30.4 Å². The predicted molar refractivity (Wildman–Crippen MR) is 79.8 cm³/mol. The molecule has 1 rings (SSSR count). The molecule has 0 aromatic heterocycles. The molecule has 3 nitrogen and oxygen atoms in total. The van der Waals surface area contributed by atoms with Crippen molar-refractivity contribution in [3.8, 4) is 0 Å².